The molecular weight excluding hydrogens is 348 g/mol. The molecule has 3 unspecified atom stereocenters. The molecule has 1 aliphatic heterocycles. The number of alkyl halides is 1. The van der Waals surface area contributed by atoms with Crippen molar-refractivity contribution in [1.29, 1.82) is 0 Å². The SMILES string of the molecule is COc1ccc(C(Br)C2COC(C)C2)cc1Br. The van der Waals surface area contributed by atoms with E-state index in [0.29, 0.717) is 16.8 Å². The van der Waals surface area contributed by atoms with Crippen LogP contribution in [0.5, 0.6) is 5.75 Å². The van der Waals surface area contributed by atoms with Crippen LogP contribution < -0.4 is 4.74 Å². The van der Waals surface area contributed by atoms with Crippen molar-refractivity contribution in [3.8, 4) is 5.75 Å². The zero-order valence-corrected chi connectivity index (χ0v) is 13.1. The van der Waals surface area contributed by atoms with Gasteiger partial charge in [-0.2, -0.15) is 0 Å². The van der Waals surface area contributed by atoms with Gasteiger partial charge in [-0.3, -0.25) is 0 Å². The van der Waals surface area contributed by atoms with Crippen LogP contribution in [0.1, 0.15) is 23.7 Å². The smallest absolute Gasteiger partial charge is 0.133 e. The molecule has 94 valence electrons. The van der Waals surface area contributed by atoms with Crippen molar-refractivity contribution in [3.63, 3.8) is 0 Å². The lowest BCUT2D eigenvalue weighted by Gasteiger charge is -2.17. The number of benzene rings is 1. The van der Waals surface area contributed by atoms with E-state index < -0.39 is 0 Å². The molecule has 17 heavy (non-hydrogen) atoms. The third kappa shape index (κ3) is 3.04. The molecule has 0 aromatic heterocycles. The number of rotatable bonds is 3. The molecule has 0 aliphatic carbocycles. The van der Waals surface area contributed by atoms with Crippen molar-refractivity contribution in [1.82, 2.24) is 0 Å². The van der Waals surface area contributed by atoms with Crippen molar-refractivity contribution in [2.45, 2.75) is 24.3 Å². The lowest BCUT2D eigenvalue weighted by atomic mass is 9.97. The molecule has 2 nitrogen and oxygen atoms in total. The fraction of sp³-hybridized carbons (Fsp3) is 0.538. The van der Waals surface area contributed by atoms with E-state index in [0.717, 1.165) is 23.2 Å². The number of halogens is 2. The predicted molar refractivity (Wildman–Crippen MR) is 75.9 cm³/mol. The van der Waals surface area contributed by atoms with Crippen LogP contribution >= 0.6 is 31.9 Å². The summed E-state index contributed by atoms with van der Waals surface area (Å²) in [5.41, 5.74) is 1.26. The molecule has 0 radical (unpaired) electrons. The highest BCUT2D eigenvalue weighted by atomic mass is 79.9. The lowest BCUT2D eigenvalue weighted by Crippen LogP contribution is -2.07. The fourth-order valence-electron chi connectivity index (χ4n) is 2.18. The minimum absolute atomic E-state index is 0.342. The third-order valence-electron chi connectivity index (χ3n) is 3.14. The van der Waals surface area contributed by atoms with Crippen LogP contribution in [0, 0.1) is 5.92 Å². The van der Waals surface area contributed by atoms with Gasteiger partial charge >= 0.3 is 0 Å². The Balaban J connectivity index is 2.14. The summed E-state index contributed by atoms with van der Waals surface area (Å²) in [7, 11) is 1.68. The summed E-state index contributed by atoms with van der Waals surface area (Å²) in [5.74, 6) is 1.41. The van der Waals surface area contributed by atoms with Gasteiger partial charge in [-0.25, -0.2) is 0 Å². The van der Waals surface area contributed by atoms with Crippen molar-refractivity contribution in [2.24, 2.45) is 5.92 Å². The average Bonchev–Trinajstić information content (AvgIpc) is 2.75. The van der Waals surface area contributed by atoms with Crippen LogP contribution in [0.15, 0.2) is 22.7 Å². The first kappa shape index (κ1) is 13.4. The number of methoxy groups -OCH3 is 1. The summed E-state index contributed by atoms with van der Waals surface area (Å²) < 4.78 is 11.8. The van der Waals surface area contributed by atoms with E-state index in [1.165, 1.54) is 5.56 Å². The maximum absolute atomic E-state index is 5.62. The van der Waals surface area contributed by atoms with Crippen molar-refractivity contribution >= 4 is 31.9 Å². The summed E-state index contributed by atoms with van der Waals surface area (Å²) in [5, 5.41) is 0. The maximum atomic E-state index is 5.62. The summed E-state index contributed by atoms with van der Waals surface area (Å²) >= 11 is 7.30. The van der Waals surface area contributed by atoms with Crippen LogP contribution in [0.3, 0.4) is 0 Å². The monoisotopic (exact) mass is 362 g/mol. The summed E-state index contributed by atoms with van der Waals surface area (Å²) in [6.07, 6.45) is 1.49. The summed E-state index contributed by atoms with van der Waals surface area (Å²) in [6.45, 7) is 2.96. The molecule has 4 heteroatoms. The molecule has 0 saturated carbocycles. The molecular formula is C13H16Br2O2. The van der Waals surface area contributed by atoms with Crippen LogP contribution in [0.25, 0.3) is 0 Å². The second-order valence-corrected chi connectivity index (χ2v) is 6.28. The van der Waals surface area contributed by atoms with Crippen LogP contribution in [0.4, 0.5) is 0 Å². The van der Waals surface area contributed by atoms with Gasteiger partial charge in [0.15, 0.2) is 0 Å². The first-order chi connectivity index (χ1) is 8.11. The normalized spacial score (nSPS) is 25.9. The Labute approximate surface area is 119 Å². The van der Waals surface area contributed by atoms with Gasteiger partial charge in [0, 0.05) is 10.7 Å². The first-order valence-electron chi connectivity index (χ1n) is 5.71. The standard InChI is InChI=1S/C13H16Br2O2/c1-8-5-10(7-17-8)13(15)9-3-4-12(16-2)11(14)6-9/h3-4,6,8,10,13H,5,7H2,1-2H3. The van der Waals surface area contributed by atoms with Gasteiger partial charge in [0.25, 0.3) is 0 Å². The average molecular weight is 364 g/mol. The molecule has 3 atom stereocenters. The number of hydrogen-bond donors (Lipinski definition) is 0. The lowest BCUT2D eigenvalue weighted by molar-refractivity contribution is 0.120. The van der Waals surface area contributed by atoms with Crippen molar-refractivity contribution in [3.05, 3.63) is 28.2 Å². The molecule has 1 saturated heterocycles. The molecule has 1 aromatic carbocycles. The van der Waals surface area contributed by atoms with E-state index in [-0.39, 0.29) is 0 Å². The zero-order valence-electron chi connectivity index (χ0n) is 9.95. The molecule has 0 spiro atoms. The Hall–Kier alpha value is -0.0600. The second-order valence-electron chi connectivity index (χ2n) is 4.44. The Kier molecular flexibility index (Phi) is 4.50. The Morgan fingerprint density at radius 2 is 2.24 bits per heavy atom. The second kappa shape index (κ2) is 5.72. The first-order valence-corrected chi connectivity index (χ1v) is 7.41. The highest BCUT2D eigenvalue weighted by molar-refractivity contribution is 9.10. The maximum Gasteiger partial charge on any atom is 0.133 e. The number of ether oxygens (including phenoxy) is 2. The van der Waals surface area contributed by atoms with E-state index in [2.05, 4.69) is 50.9 Å². The topological polar surface area (TPSA) is 18.5 Å². The van der Waals surface area contributed by atoms with Gasteiger partial charge in [-0.1, -0.05) is 22.0 Å². The largest absolute Gasteiger partial charge is 0.496 e. The summed E-state index contributed by atoms with van der Waals surface area (Å²) in [6, 6.07) is 6.21. The van der Waals surface area contributed by atoms with Crippen LogP contribution in [-0.2, 0) is 4.74 Å². The Morgan fingerprint density at radius 3 is 2.76 bits per heavy atom. The highest BCUT2D eigenvalue weighted by Gasteiger charge is 2.29. The van der Waals surface area contributed by atoms with E-state index in [4.69, 9.17) is 9.47 Å². The molecule has 1 fully saturated rings. The van der Waals surface area contributed by atoms with E-state index >= 15 is 0 Å². The van der Waals surface area contributed by atoms with Gasteiger partial charge in [-0.15, -0.1) is 0 Å². The predicted octanol–water partition coefficient (Wildman–Crippen LogP) is 4.32. The molecule has 1 heterocycles. The third-order valence-corrected chi connectivity index (χ3v) is 5.03. The molecule has 0 bridgehead atoms. The van der Waals surface area contributed by atoms with Gasteiger partial charge in [0.1, 0.15) is 5.75 Å². The van der Waals surface area contributed by atoms with Crippen LogP contribution in [0.2, 0.25) is 0 Å². The quantitative estimate of drug-likeness (QED) is 0.744. The fourth-order valence-corrected chi connectivity index (χ4v) is 3.39. The van der Waals surface area contributed by atoms with Gasteiger partial charge in [-0.05, 0) is 47.0 Å². The zero-order chi connectivity index (χ0) is 12.4. The van der Waals surface area contributed by atoms with Crippen LogP contribution in [-0.4, -0.2) is 19.8 Å². The van der Waals surface area contributed by atoms with Crippen molar-refractivity contribution in [2.75, 3.05) is 13.7 Å². The molecule has 1 aromatic rings. The molecule has 0 amide bonds. The van der Waals surface area contributed by atoms with Gasteiger partial charge in [0.2, 0.25) is 0 Å². The van der Waals surface area contributed by atoms with Gasteiger partial charge in [0.05, 0.1) is 24.3 Å². The van der Waals surface area contributed by atoms with E-state index in [1.54, 1.807) is 7.11 Å². The minimum Gasteiger partial charge on any atom is -0.496 e. The van der Waals surface area contributed by atoms with Crippen molar-refractivity contribution < 1.29 is 9.47 Å². The molecule has 1 aliphatic rings. The van der Waals surface area contributed by atoms with Gasteiger partial charge < -0.3 is 9.47 Å². The highest BCUT2D eigenvalue weighted by Crippen LogP contribution is 2.40. The Bertz CT molecular complexity index is 395. The minimum atomic E-state index is 0.342. The van der Waals surface area contributed by atoms with E-state index in [1.807, 2.05) is 6.07 Å². The summed E-state index contributed by atoms with van der Waals surface area (Å²) in [4.78, 5) is 0.342. The Morgan fingerprint density at radius 1 is 1.47 bits per heavy atom. The molecule has 2 rings (SSSR count). The number of hydrogen-bond acceptors (Lipinski definition) is 2. The van der Waals surface area contributed by atoms with E-state index in [9.17, 15) is 0 Å². The molecule has 0 N–H and O–H groups in total.